The molecule has 0 radical (unpaired) electrons. The normalized spacial score (nSPS) is 20.5. The number of aromatic nitrogens is 3. The largest absolute Gasteiger partial charge is 0.345 e. The van der Waals surface area contributed by atoms with Crippen LogP contribution in [0.1, 0.15) is 30.0 Å². The number of alkyl halides is 3. The average Bonchev–Trinajstić information content (AvgIpc) is 3.05. The van der Waals surface area contributed by atoms with Crippen LogP contribution in [0.15, 0.2) is 35.5 Å². The number of rotatable bonds is 6. The molecular formula is C14H14F3N3OS. The summed E-state index contributed by atoms with van der Waals surface area (Å²) in [4.78, 5) is 4.16. The van der Waals surface area contributed by atoms with Crippen molar-refractivity contribution >= 4 is 11.8 Å². The van der Waals surface area contributed by atoms with Crippen LogP contribution in [0.4, 0.5) is 13.2 Å². The maximum absolute atomic E-state index is 14.1. The van der Waals surface area contributed by atoms with E-state index < -0.39 is 12.8 Å². The molecular weight excluding hydrogens is 315 g/mol. The van der Waals surface area contributed by atoms with Gasteiger partial charge in [0.25, 0.3) is 0 Å². The summed E-state index contributed by atoms with van der Waals surface area (Å²) >= 11 is 1.18. The molecule has 0 fully saturated rings. The third kappa shape index (κ3) is 3.27. The second-order valence-corrected chi connectivity index (χ2v) is 5.87. The van der Waals surface area contributed by atoms with E-state index in [2.05, 4.69) is 14.8 Å². The molecule has 0 spiro atoms. The van der Waals surface area contributed by atoms with Gasteiger partial charge in [-0.05, 0) is 5.56 Å². The zero-order valence-corrected chi connectivity index (χ0v) is 12.3. The van der Waals surface area contributed by atoms with Crippen LogP contribution in [-0.2, 0) is 4.74 Å². The van der Waals surface area contributed by atoms with Crippen LogP contribution in [0.2, 0.25) is 0 Å². The molecule has 1 aromatic heterocycles. The van der Waals surface area contributed by atoms with E-state index in [0.717, 1.165) is 5.56 Å². The molecule has 1 aromatic carbocycles. The fraction of sp³-hybridized carbons (Fsp3) is 0.429. The molecule has 3 rings (SSSR count). The third-order valence-corrected chi connectivity index (χ3v) is 4.19. The summed E-state index contributed by atoms with van der Waals surface area (Å²) < 4.78 is 43.6. The number of halogens is 3. The molecule has 0 amide bonds. The lowest BCUT2D eigenvalue weighted by molar-refractivity contribution is -0.123. The second kappa shape index (κ2) is 6.70. The van der Waals surface area contributed by atoms with Crippen molar-refractivity contribution in [1.82, 2.24) is 14.8 Å². The van der Waals surface area contributed by atoms with Gasteiger partial charge in [0.15, 0.2) is 12.0 Å². The van der Waals surface area contributed by atoms with Gasteiger partial charge in [-0.25, -0.2) is 14.1 Å². The summed E-state index contributed by atoms with van der Waals surface area (Å²) in [6.45, 7) is -2.88. The van der Waals surface area contributed by atoms with Gasteiger partial charge in [0.1, 0.15) is 0 Å². The first-order valence-corrected chi connectivity index (χ1v) is 7.81. The predicted molar refractivity (Wildman–Crippen MR) is 75.7 cm³/mol. The first-order chi connectivity index (χ1) is 10.6. The Balaban J connectivity index is 1.70. The van der Waals surface area contributed by atoms with E-state index in [4.69, 9.17) is 0 Å². The quantitative estimate of drug-likeness (QED) is 0.599. The zero-order chi connectivity index (χ0) is 15.5. The highest BCUT2D eigenvalue weighted by atomic mass is 32.2. The minimum atomic E-state index is -2.78. The van der Waals surface area contributed by atoms with Gasteiger partial charge in [0.2, 0.25) is 5.16 Å². The molecule has 0 N–H and O–H groups in total. The van der Waals surface area contributed by atoms with E-state index in [1.165, 1.54) is 11.8 Å². The Kier molecular flexibility index (Phi) is 4.68. The van der Waals surface area contributed by atoms with Gasteiger partial charge in [0.05, 0.1) is 12.6 Å². The Labute approximate surface area is 129 Å². The monoisotopic (exact) mass is 329 g/mol. The molecule has 0 saturated carbocycles. The van der Waals surface area contributed by atoms with E-state index in [9.17, 15) is 13.2 Å². The van der Waals surface area contributed by atoms with Crippen LogP contribution in [0.25, 0.3) is 0 Å². The highest BCUT2D eigenvalue weighted by Crippen LogP contribution is 2.40. The molecule has 8 heteroatoms. The number of benzene rings is 1. The van der Waals surface area contributed by atoms with Gasteiger partial charge in [0, 0.05) is 12.2 Å². The molecule has 1 aliphatic rings. The molecule has 2 aromatic rings. The number of nitrogens with zero attached hydrogens (tertiary/aromatic N) is 3. The summed E-state index contributed by atoms with van der Waals surface area (Å²) in [5.74, 6) is 0.590. The summed E-state index contributed by atoms with van der Waals surface area (Å²) in [5.41, 5.74) is 0.978. The standard InChI is InChI=1S/C14H14F3N3OS/c15-10-8-11(9-4-2-1-3-5-9)20-12(10)18-14(19-20)22-7-6-21-13(16)17/h1-5,10-11,13H,6-8H2. The van der Waals surface area contributed by atoms with Gasteiger partial charge in [-0.1, -0.05) is 42.1 Å². The minimum Gasteiger partial charge on any atom is -0.322 e. The fourth-order valence-corrected chi connectivity index (χ4v) is 3.11. The first-order valence-electron chi connectivity index (χ1n) is 6.83. The lowest BCUT2D eigenvalue weighted by Gasteiger charge is -2.11. The number of ether oxygens (including phenoxy) is 1. The highest BCUT2D eigenvalue weighted by Gasteiger charge is 2.35. The molecule has 4 nitrogen and oxygen atoms in total. The van der Waals surface area contributed by atoms with Crippen molar-refractivity contribution in [1.29, 1.82) is 0 Å². The summed E-state index contributed by atoms with van der Waals surface area (Å²) in [6.07, 6.45) is -0.844. The van der Waals surface area contributed by atoms with Gasteiger partial charge in [-0.3, -0.25) is 0 Å². The van der Waals surface area contributed by atoms with E-state index in [1.54, 1.807) is 4.68 Å². The zero-order valence-electron chi connectivity index (χ0n) is 11.5. The van der Waals surface area contributed by atoms with E-state index in [-0.39, 0.29) is 12.6 Å². The number of fused-ring (bicyclic) bond motifs is 1. The van der Waals surface area contributed by atoms with Gasteiger partial charge in [-0.2, -0.15) is 8.78 Å². The van der Waals surface area contributed by atoms with Gasteiger partial charge in [-0.15, -0.1) is 5.10 Å². The van der Waals surface area contributed by atoms with Gasteiger partial charge >= 0.3 is 6.61 Å². The van der Waals surface area contributed by atoms with Crippen molar-refractivity contribution in [2.45, 2.75) is 30.4 Å². The third-order valence-electron chi connectivity index (χ3n) is 3.39. The first kappa shape index (κ1) is 15.4. The van der Waals surface area contributed by atoms with Crippen molar-refractivity contribution in [2.24, 2.45) is 0 Å². The smallest absolute Gasteiger partial charge is 0.322 e. The Hall–Kier alpha value is -1.54. The molecule has 1 aliphatic heterocycles. The van der Waals surface area contributed by atoms with Crippen LogP contribution >= 0.6 is 11.8 Å². The Morgan fingerprint density at radius 2 is 2.09 bits per heavy atom. The Bertz CT molecular complexity index is 623. The number of hydrogen-bond donors (Lipinski definition) is 0. The molecule has 0 saturated heterocycles. The maximum Gasteiger partial charge on any atom is 0.345 e. The molecule has 2 atom stereocenters. The molecule has 2 heterocycles. The molecule has 0 bridgehead atoms. The van der Waals surface area contributed by atoms with Crippen LogP contribution in [0.5, 0.6) is 0 Å². The maximum atomic E-state index is 14.1. The van der Waals surface area contributed by atoms with Crippen molar-refractivity contribution in [3.8, 4) is 0 Å². The summed E-state index contributed by atoms with van der Waals surface area (Å²) in [6, 6.07) is 9.38. The Morgan fingerprint density at radius 1 is 1.32 bits per heavy atom. The average molecular weight is 329 g/mol. The van der Waals surface area contributed by atoms with E-state index in [1.807, 2.05) is 30.3 Å². The van der Waals surface area contributed by atoms with Crippen molar-refractivity contribution in [3.63, 3.8) is 0 Å². The van der Waals surface area contributed by atoms with Crippen LogP contribution < -0.4 is 0 Å². The second-order valence-electron chi connectivity index (χ2n) is 4.81. The molecule has 118 valence electrons. The molecule has 2 unspecified atom stereocenters. The minimum absolute atomic E-state index is 0.104. The molecule has 0 aliphatic carbocycles. The Morgan fingerprint density at radius 3 is 2.82 bits per heavy atom. The van der Waals surface area contributed by atoms with Crippen LogP contribution in [0, 0.1) is 0 Å². The summed E-state index contributed by atoms with van der Waals surface area (Å²) in [7, 11) is 0. The number of hydrogen-bond acceptors (Lipinski definition) is 4. The fourth-order valence-electron chi connectivity index (χ4n) is 2.44. The summed E-state index contributed by atoms with van der Waals surface area (Å²) in [5, 5.41) is 4.69. The SMILES string of the molecule is FC(F)OCCSc1nc2n(n1)C(c1ccccc1)CC2F. The van der Waals surface area contributed by atoms with Crippen LogP contribution in [-0.4, -0.2) is 33.7 Å². The van der Waals surface area contributed by atoms with Crippen molar-refractivity contribution in [3.05, 3.63) is 41.7 Å². The van der Waals surface area contributed by atoms with Crippen molar-refractivity contribution in [2.75, 3.05) is 12.4 Å². The van der Waals surface area contributed by atoms with Crippen molar-refractivity contribution < 1.29 is 17.9 Å². The van der Waals surface area contributed by atoms with E-state index >= 15 is 0 Å². The van der Waals surface area contributed by atoms with E-state index in [0.29, 0.717) is 23.2 Å². The molecule has 22 heavy (non-hydrogen) atoms. The lowest BCUT2D eigenvalue weighted by Crippen LogP contribution is -2.07. The predicted octanol–water partition coefficient (Wildman–Crippen LogP) is 3.61. The van der Waals surface area contributed by atoms with Crippen LogP contribution in [0.3, 0.4) is 0 Å². The highest BCUT2D eigenvalue weighted by molar-refractivity contribution is 7.99. The number of thioether (sulfide) groups is 1. The topological polar surface area (TPSA) is 39.9 Å². The van der Waals surface area contributed by atoms with Gasteiger partial charge < -0.3 is 4.74 Å². The lowest BCUT2D eigenvalue weighted by atomic mass is 10.0.